The first-order chi connectivity index (χ1) is 8.31. The first kappa shape index (κ1) is 14.3. The second-order valence-electron chi connectivity index (χ2n) is 5.42. The molecule has 1 saturated carbocycles. The van der Waals surface area contributed by atoms with E-state index in [0.29, 0.717) is 19.3 Å². The first-order valence-corrected chi connectivity index (χ1v) is 5.88. The Bertz CT molecular complexity index is 361. The van der Waals surface area contributed by atoms with Crippen molar-refractivity contribution in [3.05, 3.63) is 0 Å². The van der Waals surface area contributed by atoms with Crippen molar-refractivity contribution < 1.29 is 19.2 Å². The van der Waals surface area contributed by atoms with Gasteiger partial charge in [-0.1, -0.05) is 0 Å². The summed E-state index contributed by atoms with van der Waals surface area (Å²) in [6, 6.07) is 2.06. The second kappa shape index (κ2) is 5.71. The third kappa shape index (κ3) is 4.62. The van der Waals surface area contributed by atoms with Crippen molar-refractivity contribution in [2.45, 2.75) is 45.6 Å². The highest BCUT2D eigenvalue weighted by Gasteiger charge is 2.36. The quantitative estimate of drug-likeness (QED) is 0.760. The summed E-state index contributed by atoms with van der Waals surface area (Å²) >= 11 is 0. The van der Waals surface area contributed by atoms with Crippen molar-refractivity contribution in [3.63, 3.8) is 0 Å². The van der Waals surface area contributed by atoms with Gasteiger partial charge in [0.2, 0.25) is 0 Å². The zero-order valence-corrected chi connectivity index (χ0v) is 10.9. The lowest BCUT2D eigenvalue weighted by atomic mass is 9.73. The highest BCUT2D eigenvalue weighted by Crippen LogP contribution is 2.36. The fourth-order valence-electron chi connectivity index (χ4n) is 1.70. The smallest absolute Gasteiger partial charge is 0.441 e. The maximum Gasteiger partial charge on any atom is 0.441 e. The lowest BCUT2D eigenvalue weighted by Crippen LogP contribution is -2.38. The predicted octanol–water partition coefficient (Wildman–Crippen LogP) is 1.91. The number of rotatable bonds is 2. The van der Waals surface area contributed by atoms with Gasteiger partial charge in [0.25, 0.3) is 0 Å². The number of nitriles is 1. The minimum Gasteiger partial charge on any atom is -0.442 e. The molecule has 6 nitrogen and oxygen atoms in total. The molecule has 0 bridgehead atoms. The SMILES string of the molecule is CC(C)(C)OC(=O)NOC(=O)C1CC(CC#N)C1. The normalized spacial score (nSPS) is 22.3. The zero-order chi connectivity index (χ0) is 13.8. The number of nitrogens with one attached hydrogen (secondary N) is 1. The van der Waals surface area contributed by atoms with Crippen molar-refractivity contribution in [1.82, 2.24) is 5.48 Å². The Balaban J connectivity index is 2.19. The van der Waals surface area contributed by atoms with Crippen LogP contribution in [-0.2, 0) is 14.4 Å². The summed E-state index contributed by atoms with van der Waals surface area (Å²) < 4.78 is 4.91. The fourth-order valence-corrected chi connectivity index (χ4v) is 1.70. The fraction of sp³-hybridized carbons (Fsp3) is 0.750. The van der Waals surface area contributed by atoms with Gasteiger partial charge in [0, 0.05) is 6.42 Å². The molecule has 18 heavy (non-hydrogen) atoms. The van der Waals surface area contributed by atoms with Crippen LogP contribution < -0.4 is 5.48 Å². The number of ether oxygens (including phenoxy) is 1. The van der Waals surface area contributed by atoms with E-state index in [1.807, 2.05) is 5.48 Å². The molecular formula is C12H18N2O4. The summed E-state index contributed by atoms with van der Waals surface area (Å²) in [4.78, 5) is 27.3. The van der Waals surface area contributed by atoms with Crippen molar-refractivity contribution in [1.29, 1.82) is 5.26 Å². The van der Waals surface area contributed by atoms with Crippen molar-refractivity contribution in [2.24, 2.45) is 11.8 Å². The molecule has 1 rings (SSSR count). The van der Waals surface area contributed by atoms with E-state index < -0.39 is 17.7 Å². The van der Waals surface area contributed by atoms with Gasteiger partial charge < -0.3 is 9.57 Å². The van der Waals surface area contributed by atoms with E-state index in [1.165, 1.54) is 0 Å². The molecule has 1 N–H and O–H groups in total. The topological polar surface area (TPSA) is 88.4 Å². The van der Waals surface area contributed by atoms with Gasteiger partial charge in [0.1, 0.15) is 5.60 Å². The van der Waals surface area contributed by atoms with Gasteiger partial charge in [-0.2, -0.15) is 5.26 Å². The molecule has 1 fully saturated rings. The standard InChI is InChI=1S/C12H18N2O4/c1-12(2,3)17-11(16)14-18-10(15)9-6-8(7-9)4-5-13/h8-9H,4,6-7H2,1-3H3,(H,14,16). The van der Waals surface area contributed by atoms with Crippen LogP contribution in [0.1, 0.15) is 40.0 Å². The number of carbonyl (C=O) groups is 2. The van der Waals surface area contributed by atoms with Gasteiger partial charge in [-0.3, -0.25) is 0 Å². The van der Waals surface area contributed by atoms with Crippen LogP contribution in [0.2, 0.25) is 0 Å². The molecule has 1 aliphatic rings. The largest absolute Gasteiger partial charge is 0.442 e. The average Bonchev–Trinajstić information content (AvgIpc) is 2.17. The molecule has 0 heterocycles. The highest BCUT2D eigenvalue weighted by molar-refractivity contribution is 5.76. The Labute approximate surface area is 106 Å². The van der Waals surface area contributed by atoms with Crippen molar-refractivity contribution in [3.8, 4) is 6.07 Å². The molecule has 1 aliphatic carbocycles. The van der Waals surface area contributed by atoms with E-state index in [4.69, 9.17) is 10.00 Å². The van der Waals surface area contributed by atoms with E-state index in [-0.39, 0.29) is 11.8 Å². The first-order valence-electron chi connectivity index (χ1n) is 5.88. The molecule has 0 aromatic rings. The van der Waals surface area contributed by atoms with Crippen molar-refractivity contribution in [2.75, 3.05) is 0 Å². The van der Waals surface area contributed by atoms with Crippen LogP contribution >= 0.6 is 0 Å². The van der Waals surface area contributed by atoms with E-state index in [2.05, 4.69) is 10.9 Å². The van der Waals surface area contributed by atoms with Crippen LogP contribution in [0, 0.1) is 23.2 Å². The van der Waals surface area contributed by atoms with Gasteiger partial charge in [-0.15, -0.1) is 5.48 Å². The molecule has 0 aliphatic heterocycles. The van der Waals surface area contributed by atoms with Crippen LogP contribution in [0.3, 0.4) is 0 Å². The van der Waals surface area contributed by atoms with Crippen LogP contribution in [-0.4, -0.2) is 17.7 Å². The lowest BCUT2D eigenvalue weighted by molar-refractivity contribution is -0.160. The maximum atomic E-state index is 11.5. The predicted molar refractivity (Wildman–Crippen MR) is 61.9 cm³/mol. The van der Waals surface area contributed by atoms with Crippen molar-refractivity contribution >= 4 is 12.1 Å². The Morgan fingerprint density at radius 2 is 2.00 bits per heavy atom. The van der Waals surface area contributed by atoms with Crippen LogP contribution in [0.5, 0.6) is 0 Å². The zero-order valence-electron chi connectivity index (χ0n) is 10.9. The second-order valence-corrected chi connectivity index (χ2v) is 5.42. The Hall–Kier alpha value is -1.77. The summed E-state index contributed by atoms with van der Waals surface area (Å²) in [7, 11) is 0. The van der Waals surface area contributed by atoms with E-state index in [0.717, 1.165) is 0 Å². The molecule has 100 valence electrons. The summed E-state index contributed by atoms with van der Waals surface area (Å²) in [5, 5.41) is 8.47. The molecule has 0 aromatic carbocycles. The van der Waals surface area contributed by atoms with Gasteiger partial charge in [0.05, 0.1) is 12.0 Å². The number of hydrogen-bond donors (Lipinski definition) is 1. The monoisotopic (exact) mass is 254 g/mol. The van der Waals surface area contributed by atoms with Gasteiger partial charge >= 0.3 is 12.1 Å². The average molecular weight is 254 g/mol. The van der Waals surface area contributed by atoms with Gasteiger partial charge in [-0.05, 0) is 39.5 Å². The summed E-state index contributed by atoms with van der Waals surface area (Å²) in [6.45, 7) is 5.15. The molecule has 0 spiro atoms. The molecule has 0 unspecified atom stereocenters. The number of hydrogen-bond acceptors (Lipinski definition) is 5. The van der Waals surface area contributed by atoms with E-state index >= 15 is 0 Å². The Morgan fingerprint density at radius 1 is 1.39 bits per heavy atom. The molecule has 6 heteroatoms. The van der Waals surface area contributed by atoms with Crippen LogP contribution in [0.4, 0.5) is 4.79 Å². The molecule has 1 amide bonds. The third-order valence-electron chi connectivity index (χ3n) is 2.58. The minimum absolute atomic E-state index is 0.224. The molecular weight excluding hydrogens is 236 g/mol. The number of amides is 1. The van der Waals surface area contributed by atoms with E-state index in [1.54, 1.807) is 20.8 Å². The minimum atomic E-state index is -0.788. The molecule has 0 radical (unpaired) electrons. The van der Waals surface area contributed by atoms with Gasteiger partial charge in [-0.25, -0.2) is 9.59 Å². The molecule has 0 atom stereocenters. The maximum absolute atomic E-state index is 11.5. The Kier molecular flexibility index (Phi) is 4.54. The number of hydroxylamine groups is 1. The highest BCUT2D eigenvalue weighted by atomic mass is 16.7. The number of nitrogens with zero attached hydrogens (tertiary/aromatic N) is 1. The number of carbonyl (C=O) groups excluding carboxylic acids is 2. The molecule has 0 aromatic heterocycles. The van der Waals surface area contributed by atoms with Gasteiger partial charge in [0.15, 0.2) is 0 Å². The van der Waals surface area contributed by atoms with Crippen LogP contribution in [0.25, 0.3) is 0 Å². The summed E-state index contributed by atoms with van der Waals surface area (Å²) in [5.74, 6) is -0.428. The molecule has 0 saturated heterocycles. The lowest BCUT2D eigenvalue weighted by Gasteiger charge is -2.31. The summed E-state index contributed by atoms with van der Waals surface area (Å²) in [6.07, 6.45) is 0.956. The van der Waals surface area contributed by atoms with Crippen LogP contribution in [0.15, 0.2) is 0 Å². The summed E-state index contributed by atoms with van der Waals surface area (Å²) in [5.41, 5.74) is 1.33. The Morgan fingerprint density at radius 3 is 2.50 bits per heavy atom. The van der Waals surface area contributed by atoms with E-state index in [9.17, 15) is 9.59 Å². The third-order valence-corrected chi connectivity index (χ3v) is 2.58.